The molecule has 0 heteroatoms. The maximum atomic E-state index is 2.65. The van der Waals surface area contributed by atoms with Gasteiger partial charge in [-0.3, -0.25) is 0 Å². The van der Waals surface area contributed by atoms with Gasteiger partial charge in [-0.2, -0.15) is 0 Å². The highest BCUT2D eigenvalue weighted by atomic mass is 14.4. The van der Waals surface area contributed by atoms with Crippen molar-refractivity contribution >= 4 is 0 Å². The average Bonchev–Trinajstić information content (AvgIpc) is 3.21. The highest BCUT2D eigenvalue weighted by molar-refractivity contribution is 5.18. The second kappa shape index (κ2) is 46.6. The van der Waals surface area contributed by atoms with E-state index in [1.165, 1.54) is 263 Å². The lowest BCUT2D eigenvalue weighted by Crippen LogP contribution is -2.28. The lowest BCUT2D eigenvalue weighted by atomic mass is 9.64. The van der Waals surface area contributed by atoms with Crippen LogP contribution in [0.2, 0.25) is 0 Å². The van der Waals surface area contributed by atoms with Gasteiger partial charge in [0.05, 0.1) is 0 Å². The Morgan fingerprint density at radius 3 is 0.821 bits per heavy atom. The van der Waals surface area contributed by atoms with E-state index in [0.717, 1.165) is 0 Å². The van der Waals surface area contributed by atoms with Gasteiger partial charge in [-0.1, -0.05) is 263 Å². The Balaban J connectivity index is 5.98. The summed E-state index contributed by atoms with van der Waals surface area (Å²) < 4.78 is 0. The first kappa shape index (κ1) is 55.0. The fraction of sp³-hybridized carbons (Fsp3) is 0.839. The van der Waals surface area contributed by atoms with Gasteiger partial charge in [-0.05, 0) is 94.8 Å². The van der Waals surface area contributed by atoms with Gasteiger partial charge in [-0.25, -0.2) is 0 Å². The van der Waals surface area contributed by atoms with E-state index in [9.17, 15) is 0 Å². The van der Waals surface area contributed by atoms with Crippen molar-refractivity contribution in [1.29, 1.82) is 0 Å². The van der Waals surface area contributed by atoms with Crippen molar-refractivity contribution in [3.8, 4) is 0 Å². The van der Waals surface area contributed by atoms with Crippen molar-refractivity contribution in [3.05, 3.63) is 54.5 Å². The zero-order chi connectivity index (χ0) is 40.7. The van der Waals surface area contributed by atoms with Gasteiger partial charge in [0.1, 0.15) is 0 Å². The zero-order valence-corrected chi connectivity index (χ0v) is 39.6. The molecular weight excluding hydrogens is 673 g/mol. The summed E-state index contributed by atoms with van der Waals surface area (Å²) in [5, 5.41) is 0. The summed E-state index contributed by atoms with van der Waals surface area (Å²) in [6, 6.07) is 0. The van der Waals surface area contributed by atoms with Crippen LogP contribution in [0.25, 0.3) is 0 Å². The maximum Gasteiger partial charge on any atom is -0.00982 e. The molecule has 0 aliphatic heterocycles. The van der Waals surface area contributed by atoms with Crippen LogP contribution in [0.4, 0.5) is 0 Å². The monoisotopic (exact) mass is 778 g/mol. The van der Waals surface area contributed by atoms with Crippen LogP contribution in [-0.2, 0) is 0 Å². The molecule has 0 bridgehead atoms. The third-order valence-electron chi connectivity index (χ3n) is 12.6. The van der Waals surface area contributed by atoms with E-state index >= 15 is 0 Å². The fourth-order valence-corrected chi connectivity index (χ4v) is 8.58. The molecule has 0 atom stereocenters. The Bertz CT molecular complexity index is 788. The van der Waals surface area contributed by atoms with Gasteiger partial charge in [0, 0.05) is 0 Å². The van der Waals surface area contributed by atoms with E-state index in [-0.39, 0.29) is 5.41 Å². The quantitative estimate of drug-likeness (QED) is 0.0427. The Kier molecular flexibility index (Phi) is 45.8. The van der Waals surface area contributed by atoms with E-state index in [4.69, 9.17) is 0 Å². The molecule has 0 aromatic heterocycles. The first-order valence-corrected chi connectivity index (χ1v) is 26.2. The average molecular weight is 778 g/mol. The number of rotatable bonds is 46. The largest absolute Gasteiger partial charge is 0.0885 e. The van der Waals surface area contributed by atoms with Crippen LogP contribution in [0, 0.1) is 11.3 Å². The molecule has 0 aliphatic carbocycles. The first-order chi connectivity index (χ1) is 27.7. The second-order valence-corrected chi connectivity index (χ2v) is 18.0. The molecule has 0 unspecified atom stereocenters. The van der Waals surface area contributed by atoms with Crippen LogP contribution in [0.5, 0.6) is 0 Å². The van der Waals surface area contributed by atoms with E-state index in [2.05, 4.69) is 83.2 Å². The minimum Gasteiger partial charge on any atom is -0.0885 e. The van der Waals surface area contributed by atoms with Crippen molar-refractivity contribution in [2.45, 2.75) is 298 Å². The number of allylic oxidation sites excluding steroid dienone is 8. The number of hydrogen-bond acceptors (Lipinski definition) is 0. The number of hydrogen-bond donors (Lipinski definition) is 0. The summed E-state index contributed by atoms with van der Waals surface area (Å²) in [6.07, 6.45) is 76.7. The molecular formula is C56H105. The normalized spacial score (nSPS) is 12.7. The molecule has 0 nitrogen and oxygen atoms in total. The van der Waals surface area contributed by atoms with Crippen molar-refractivity contribution in [2.24, 2.45) is 5.41 Å². The molecule has 329 valence electrons. The number of unbranched alkanes of at least 4 members (excludes halogenated alkanes) is 31. The molecule has 0 spiro atoms. The standard InChI is InChI=1S/C56H105/c1-6-11-16-21-26-31-32-33-34-39-44-49-54-56(52-47-42-37-29-24-19-14-9-4,53-48-43-38-30-25-20-15-10-5)55(50-45-40-35-27-22-17-12-7-2)51-46-41-36-28-23-18-13-8-3/h40-43,45-48H,6-39,44,49-54H2,1-5H3/b45-40+,46-41+,47-42+,48-43+. The Morgan fingerprint density at radius 2 is 0.518 bits per heavy atom. The molecule has 0 saturated heterocycles. The summed E-state index contributed by atoms with van der Waals surface area (Å²) in [5.41, 5.74) is 0.271. The van der Waals surface area contributed by atoms with Crippen LogP contribution in [0.3, 0.4) is 0 Å². The molecule has 0 fully saturated rings. The maximum absolute atomic E-state index is 2.65. The van der Waals surface area contributed by atoms with Crippen LogP contribution in [0.1, 0.15) is 298 Å². The summed E-state index contributed by atoms with van der Waals surface area (Å²) in [6.45, 7) is 11.6. The van der Waals surface area contributed by atoms with E-state index in [1.54, 1.807) is 0 Å². The predicted molar refractivity (Wildman–Crippen MR) is 260 cm³/mol. The first-order valence-electron chi connectivity index (χ1n) is 26.2. The minimum atomic E-state index is 0.271. The van der Waals surface area contributed by atoms with Gasteiger partial charge >= 0.3 is 0 Å². The molecule has 0 rings (SSSR count). The summed E-state index contributed by atoms with van der Waals surface area (Å²) in [5.74, 6) is 1.82. The molecule has 0 heterocycles. The zero-order valence-electron chi connectivity index (χ0n) is 39.6. The van der Waals surface area contributed by atoms with E-state index in [1.807, 2.05) is 5.92 Å². The van der Waals surface area contributed by atoms with Gasteiger partial charge in [-0.15, -0.1) is 0 Å². The van der Waals surface area contributed by atoms with Gasteiger partial charge in [0.2, 0.25) is 0 Å². The second-order valence-electron chi connectivity index (χ2n) is 18.0. The van der Waals surface area contributed by atoms with Crippen molar-refractivity contribution in [1.82, 2.24) is 0 Å². The molecule has 0 aromatic carbocycles. The van der Waals surface area contributed by atoms with Gasteiger partial charge in [0.15, 0.2) is 0 Å². The van der Waals surface area contributed by atoms with Gasteiger partial charge in [0.25, 0.3) is 0 Å². The fourth-order valence-electron chi connectivity index (χ4n) is 8.58. The molecule has 56 heavy (non-hydrogen) atoms. The Morgan fingerprint density at radius 1 is 0.268 bits per heavy atom. The van der Waals surface area contributed by atoms with E-state index < -0.39 is 0 Å². The molecule has 0 amide bonds. The summed E-state index contributed by atoms with van der Waals surface area (Å²) in [7, 11) is 0. The van der Waals surface area contributed by atoms with Gasteiger partial charge < -0.3 is 0 Å². The SMILES string of the molecule is CCCCCCC/C=C/C[C](C/C=C/CCCCCCC)C(C/C=C/CCCCCCC)(C/C=C/CCCCCCC)CCCCCCCCCCCCCC. The lowest BCUT2D eigenvalue weighted by molar-refractivity contribution is 0.261. The predicted octanol–water partition coefficient (Wildman–Crippen LogP) is 20.9. The highest BCUT2D eigenvalue weighted by Gasteiger charge is 2.35. The summed E-state index contributed by atoms with van der Waals surface area (Å²) in [4.78, 5) is 0. The van der Waals surface area contributed by atoms with Crippen LogP contribution >= 0.6 is 0 Å². The third kappa shape index (κ3) is 37.2. The van der Waals surface area contributed by atoms with E-state index in [0.29, 0.717) is 0 Å². The third-order valence-corrected chi connectivity index (χ3v) is 12.6. The highest BCUT2D eigenvalue weighted by Crippen LogP contribution is 2.47. The Hall–Kier alpha value is -1.04. The van der Waals surface area contributed by atoms with Crippen molar-refractivity contribution < 1.29 is 0 Å². The topological polar surface area (TPSA) is 0 Å². The Labute approximate surface area is 356 Å². The minimum absolute atomic E-state index is 0.271. The van der Waals surface area contributed by atoms with Crippen molar-refractivity contribution in [3.63, 3.8) is 0 Å². The van der Waals surface area contributed by atoms with Crippen LogP contribution < -0.4 is 0 Å². The smallest absolute Gasteiger partial charge is 0.00982 e. The van der Waals surface area contributed by atoms with Crippen LogP contribution in [-0.4, -0.2) is 0 Å². The van der Waals surface area contributed by atoms with Crippen molar-refractivity contribution in [2.75, 3.05) is 0 Å². The lowest BCUT2D eigenvalue weighted by Gasteiger charge is -2.40. The molecule has 1 radical (unpaired) electrons. The molecule has 0 N–H and O–H groups in total. The summed E-state index contributed by atoms with van der Waals surface area (Å²) >= 11 is 0. The molecule has 0 aromatic rings. The molecule has 0 saturated carbocycles. The van der Waals surface area contributed by atoms with Crippen LogP contribution in [0.15, 0.2) is 48.6 Å². The molecule has 0 aliphatic rings.